The van der Waals surface area contributed by atoms with Crippen molar-refractivity contribution in [3.05, 3.63) is 70.9 Å². The van der Waals surface area contributed by atoms with E-state index in [9.17, 15) is 5.26 Å². The Bertz CT molecular complexity index is 1090. The predicted octanol–water partition coefficient (Wildman–Crippen LogP) is 6.81. The third-order valence-electron chi connectivity index (χ3n) is 6.15. The van der Waals surface area contributed by atoms with Crippen molar-refractivity contribution in [3.8, 4) is 23.1 Å². The molecule has 180 valence electrons. The lowest BCUT2D eigenvalue weighted by atomic mass is 9.94. The van der Waals surface area contributed by atoms with Crippen LogP contribution in [0.25, 0.3) is 11.1 Å². The van der Waals surface area contributed by atoms with Gasteiger partial charge in [-0.3, -0.25) is 0 Å². The van der Waals surface area contributed by atoms with Crippen LogP contribution in [0.1, 0.15) is 68.8 Å². The van der Waals surface area contributed by atoms with Gasteiger partial charge < -0.3 is 9.47 Å². The molecule has 1 heterocycles. The minimum absolute atomic E-state index is 0.0830. The fourth-order valence-corrected chi connectivity index (χ4v) is 4.27. The second-order valence-electron chi connectivity index (χ2n) is 9.59. The zero-order valence-electron chi connectivity index (χ0n) is 21.2. The highest BCUT2D eigenvalue weighted by molar-refractivity contribution is 5.74. The number of nitrogens with zero attached hydrogens (tertiary/aromatic N) is 3. The van der Waals surface area contributed by atoms with Crippen LogP contribution in [-0.2, 0) is 23.1 Å². The Hall–Kier alpha value is -3.10. The lowest BCUT2D eigenvalue weighted by molar-refractivity contribution is 0.0403. The van der Waals surface area contributed by atoms with Crippen molar-refractivity contribution in [2.45, 2.75) is 71.8 Å². The zero-order valence-corrected chi connectivity index (χ0v) is 21.2. The van der Waals surface area contributed by atoms with Gasteiger partial charge in [0.2, 0.25) is 5.88 Å². The molecule has 0 atom stereocenters. The molecule has 0 spiro atoms. The Morgan fingerprint density at radius 2 is 1.65 bits per heavy atom. The number of rotatable bonds is 12. The van der Waals surface area contributed by atoms with E-state index in [-0.39, 0.29) is 6.79 Å². The van der Waals surface area contributed by atoms with E-state index in [0.29, 0.717) is 17.1 Å². The zero-order chi connectivity index (χ0) is 24.6. The van der Waals surface area contributed by atoms with Crippen LogP contribution in [0, 0.1) is 18.3 Å². The maximum atomic E-state index is 9.94. The van der Waals surface area contributed by atoms with E-state index in [0.717, 1.165) is 18.4 Å². The quantitative estimate of drug-likeness (QED) is 0.220. The standard InChI is InChI=1S/C29H37N3O2/c1-6-7-8-9-10-23-15-17-25(18-16-23)27-26(20-30)31-32(28(27)34-21-33-5)29(3,4)19-24-13-11-22(2)12-14-24/h11-18H,6-10,19,21H2,1-5H3. The van der Waals surface area contributed by atoms with Gasteiger partial charge in [-0.15, -0.1) is 0 Å². The summed E-state index contributed by atoms with van der Waals surface area (Å²) in [5.41, 5.74) is 5.33. The first-order valence-electron chi connectivity index (χ1n) is 12.2. The van der Waals surface area contributed by atoms with E-state index in [2.05, 4.69) is 82.3 Å². The maximum Gasteiger partial charge on any atom is 0.223 e. The molecule has 0 bridgehead atoms. The molecule has 0 fully saturated rings. The summed E-state index contributed by atoms with van der Waals surface area (Å²) in [5.74, 6) is 0.561. The second kappa shape index (κ2) is 11.9. The van der Waals surface area contributed by atoms with Gasteiger partial charge in [-0.1, -0.05) is 80.3 Å². The van der Waals surface area contributed by atoms with Crippen LogP contribution in [0.3, 0.4) is 0 Å². The molecule has 0 saturated heterocycles. The highest BCUT2D eigenvalue weighted by Crippen LogP contribution is 2.38. The predicted molar refractivity (Wildman–Crippen MR) is 137 cm³/mol. The number of benzene rings is 2. The van der Waals surface area contributed by atoms with Gasteiger partial charge in [0, 0.05) is 7.11 Å². The van der Waals surface area contributed by atoms with Gasteiger partial charge in [0.05, 0.1) is 11.1 Å². The Morgan fingerprint density at radius 1 is 0.971 bits per heavy atom. The fourth-order valence-electron chi connectivity index (χ4n) is 4.27. The van der Waals surface area contributed by atoms with Crippen LogP contribution in [0.15, 0.2) is 48.5 Å². The molecule has 0 aliphatic carbocycles. The van der Waals surface area contributed by atoms with Gasteiger partial charge in [-0.05, 0) is 56.7 Å². The number of aryl methyl sites for hydroxylation is 2. The Morgan fingerprint density at radius 3 is 2.26 bits per heavy atom. The maximum absolute atomic E-state index is 9.94. The van der Waals surface area contributed by atoms with Crippen molar-refractivity contribution in [2.24, 2.45) is 0 Å². The third-order valence-corrected chi connectivity index (χ3v) is 6.15. The Balaban J connectivity index is 1.96. The first-order valence-corrected chi connectivity index (χ1v) is 12.2. The molecule has 34 heavy (non-hydrogen) atoms. The molecule has 0 N–H and O–H groups in total. The van der Waals surface area contributed by atoms with Crippen molar-refractivity contribution in [2.75, 3.05) is 13.9 Å². The number of ether oxygens (including phenoxy) is 2. The van der Waals surface area contributed by atoms with Gasteiger partial charge in [-0.25, -0.2) is 4.68 Å². The van der Waals surface area contributed by atoms with Crippen molar-refractivity contribution >= 4 is 0 Å². The van der Waals surface area contributed by atoms with Crippen molar-refractivity contribution < 1.29 is 9.47 Å². The molecule has 0 saturated carbocycles. The van der Waals surface area contributed by atoms with Gasteiger partial charge in [-0.2, -0.15) is 10.4 Å². The lowest BCUT2D eigenvalue weighted by Crippen LogP contribution is -2.31. The molecule has 0 aliphatic heterocycles. The van der Waals surface area contributed by atoms with Gasteiger partial charge >= 0.3 is 0 Å². The third kappa shape index (κ3) is 6.27. The number of aromatic nitrogens is 2. The monoisotopic (exact) mass is 459 g/mol. The topological polar surface area (TPSA) is 60.1 Å². The fraction of sp³-hybridized carbons (Fsp3) is 0.448. The van der Waals surface area contributed by atoms with E-state index in [1.165, 1.54) is 42.4 Å². The van der Waals surface area contributed by atoms with Crippen molar-refractivity contribution in [1.29, 1.82) is 5.26 Å². The second-order valence-corrected chi connectivity index (χ2v) is 9.59. The summed E-state index contributed by atoms with van der Waals surface area (Å²) in [7, 11) is 1.59. The molecular weight excluding hydrogens is 422 g/mol. The molecule has 5 nitrogen and oxygen atoms in total. The summed E-state index contributed by atoms with van der Waals surface area (Å²) >= 11 is 0. The minimum Gasteiger partial charge on any atom is -0.450 e. The summed E-state index contributed by atoms with van der Waals surface area (Å²) in [6.07, 6.45) is 6.80. The van der Waals surface area contributed by atoms with Gasteiger partial charge in [0.25, 0.3) is 0 Å². The molecule has 3 rings (SSSR count). The molecule has 2 aromatic carbocycles. The van der Waals surface area contributed by atoms with Crippen LogP contribution in [-0.4, -0.2) is 23.7 Å². The highest BCUT2D eigenvalue weighted by Gasteiger charge is 2.31. The molecule has 0 amide bonds. The smallest absolute Gasteiger partial charge is 0.223 e. The number of hydrogen-bond acceptors (Lipinski definition) is 4. The van der Waals surface area contributed by atoms with E-state index in [1.54, 1.807) is 7.11 Å². The van der Waals surface area contributed by atoms with E-state index in [4.69, 9.17) is 14.6 Å². The molecule has 5 heteroatoms. The summed E-state index contributed by atoms with van der Waals surface area (Å²) in [6.45, 7) is 8.63. The summed E-state index contributed by atoms with van der Waals surface area (Å²) < 4.78 is 13.1. The Labute approximate surface area is 204 Å². The summed E-state index contributed by atoms with van der Waals surface area (Å²) in [6, 6.07) is 19.2. The average molecular weight is 460 g/mol. The molecule has 0 radical (unpaired) electrons. The van der Waals surface area contributed by atoms with Gasteiger partial charge in [0.15, 0.2) is 12.5 Å². The first-order chi connectivity index (χ1) is 16.4. The molecular formula is C29H37N3O2. The van der Waals surface area contributed by atoms with E-state index in [1.807, 2.05) is 4.68 Å². The van der Waals surface area contributed by atoms with E-state index < -0.39 is 5.54 Å². The normalized spacial score (nSPS) is 11.4. The molecule has 0 aliphatic rings. The first kappa shape index (κ1) is 25.5. The highest BCUT2D eigenvalue weighted by atomic mass is 16.7. The Kier molecular flexibility index (Phi) is 8.90. The largest absolute Gasteiger partial charge is 0.450 e. The van der Waals surface area contributed by atoms with E-state index >= 15 is 0 Å². The number of methoxy groups -OCH3 is 1. The lowest BCUT2D eigenvalue weighted by Gasteiger charge is -2.27. The number of hydrogen-bond donors (Lipinski definition) is 0. The van der Waals surface area contributed by atoms with Crippen LogP contribution < -0.4 is 4.74 Å². The van der Waals surface area contributed by atoms with Crippen LogP contribution in [0.4, 0.5) is 0 Å². The summed E-state index contributed by atoms with van der Waals surface area (Å²) in [4.78, 5) is 0. The number of nitriles is 1. The van der Waals surface area contributed by atoms with Crippen LogP contribution in [0.5, 0.6) is 5.88 Å². The van der Waals surface area contributed by atoms with Crippen LogP contribution in [0.2, 0.25) is 0 Å². The SMILES string of the molecule is CCCCCCc1ccc(-c2c(C#N)nn(C(C)(C)Cc3ccc(C)cc3)c2OCOC)cc1. The molecule has 3 aromatic rings. The molecule has 1 aromatic heterocycles. The van der Waals surface area contributed by atoms with Gasteiger partial charge in [0.1, 0.15) is 6.07 Å². The summed E-state index contributed by atoms with van der Waals surface area (Å²) in [5, 5.41) is 14.6. The molecule has 0 unspecified atom stereocenters. The van der Waals surface area contributed by atoms with Crippen molar-refractivity contribution in [1.82, 2.24) is 9.78 Å². The van der Waals surface area contributed by atoms with Crippen molar-refractivity contribution in [3.63, 3.8) is 0 Å². The number of unbranched alkanes of at least 4 members (excludes halogenated alkanes) is 3. The minimum atomic E-state index is -0.415. The average Bonchev–Trinajstić information content (AvgIpc) is 3.22. The van der Waals surface area contributed by atoms with Crippen LogP contribution >= 0.6 is 0 Å².